The highest BCUT2D eigenvalue weighted by Gasteiger charge is 2.46. The molecule has 0 aromatic carbocycles. The van der Waals surface area contributed by atoms with E-state index < -0.39 is 0 Å². The van der Waals surface area contributed by atoms with Gasteiger partial charge < -0.3 is 10.1 Å². The van der Waals surface area contributed by atoms with E-state index in [0.717, 1.165) is 24.4 Å². The summed E-state index contributed by atoms with van der Waals surface area (Å²) in [7, 11) is 2.15. The molecular weight excluding hydrogens is 234 g/mol. The van der Waals surface area contributed by atoms with Crippen LogP contribution in [0.2, 0.25) is 0 Å². The van der Waals surface area contributed by atoms with Gasteiger partial charge >= 0.3 is 0 Å². The van der Waals surface area contributed by atoms with E-state index in [2.05, 4.69) is 19.3 Å². The molecule has 0 heterocycles. The fraction of sp³-hybridized carbons (Fsp3) is 1.00. The topological polar surface area (TPSA) is 21.3 Å². The maximum Gasteiger partial charge on any atom is 0.0834 e. The maximum atomic E-state index is 6.27. The van der Waals surface area contributed by atoms with Gasteiger partial charge in [0.25, 0.3) is 0 Å². The summed E-state index contributed by atoms with van der Waals surface area (Å²) in [5.41, 5.74) is 0.158. The lowest BCUT2D eigenvalue weighted by molar-refractivity contribution is -0.0662. The van der Waals surface area contributed by atoms with Crippen molar-refractivity contribution in [3.8, 4) is 0 Å². The normalized spacial score (nSPS) is 37.9. The Hall–Kier alpha value is -0.0800. The zero-order valence-corrected chi connectivity index (χ0v) is 12.8. The first-order valence-corrected chi connectivity index (χ1v) is 8.58. The van der Waals surface area contributed by atoms with Crippen LogP contribution in [0, 0.1) is 17.8 Å². The number of nitrogens with one attached hydrogen (secondary N) is 1. The lowest BCUT2D eigenvalue weighted by atomic mass is 9.79. The first-order valence-electron chi connectivity index (χ1n) is 8.58. The van der Waals surface area contributed by atoms with Gasteiger partial charge in [-0.25, -0.2) is 0 Å². The molecule has 3 aliphatic rings. The molecule has 0 aliphatic heterocycles. The smallest absolute Gasteiger partial charge is 0.0834 e. The number of likely N-dealkylation sites (N-methyl/N-ethyl adjacent to an activating group) is 1. The van der Waals surface area contributed by atoms with Gasteiger partial charge in [-0.05, 0) is 70.3 Å². The van der Waals surface area contributed by atoms with Crippen LogP contribution in [0.1, 0.15) is 64.7 Å². The van der Waals surface area contributed by atoms with E-state index in [4.69, 9.17) is 4.74 Å². The van der Waals surface area contributed by atoms with Crippen LogP contribution in [0.4, 0.5) is 0 Å². The van der Waals surface area contributed by atoms with Gasteiger partial charge in [-0.2, -0.15) is 0 Å². The molecule has 0 aromatic heterocycles. The van der Waals surface area contributed by atoms with Gasteiger partial charge in [0, 0.05) is 12.6 Å². The molecule has 2 bridgehead atoms. The number of fused-ring (bicyclic) bond motifs is 2. The minimum Gasteiger partial charge on any atom is -0.374 e. The summed E-state index contributed by atoms with van der Waals surface area (Å²) < 4.78 is 6.27. The van der Waals surface area contributed by atoms with Gasteiger partial charge in [0.15, 0.2) is 0 Å². The molecule has 0 radical (unpaired) electrons. The minimum absolute atomic E-state index is 0.158. The van der Waals surface area contributed by atoms with Crippen molar-refractivity contribution in [2.75, 3.05) is 13.7 Å². The van der Waals surface area contributed by atoms with Crippen LogP contribution in [0.3, 0.4) is 0 Å². The van der Waals surface area contributed by atoms with Crippen LogP contribution in [0.5, 0.6) is 0 Å². The lowest BCUT2D eigenvalue weighted by Crippen LogP contribution is -2.51. The molecule has 3 fully saturated rings. The van der Waals surface area contributed by atoms with Crippen molar-refractivity contribution < 1.29 is 4.74 Å². The predicted molar refractivity (Wildman–Crippen MR) is 79.2 cm³/mol. The van der Waals surface area contributed by atoms with E-state index in [-0.39, 0.29) is 5.60 Å². The molecule has 3 saturated carbocycles. The number of ether oxygens (including phenoxy) is 1. The number of hydrogen-bond donors (Lipinski definition) is 1. The average molecular weight is 265 g/mol. The molecule has 4 atom stereocenters. The van der Waals surface area contributed by atoms with Crippen molar-refractivity contribution in [1.29, 1.82) is 0 Å². The second kappa shape index (κ2) is 5.73. The van der Waals surface area contributed by atoms with Gasteiger partial charge in [0.05, 0.1) is 5.60 Å². The zero-order valence-electron chi connectivity index (χ0n) is 12.8. The van der Waals surface area contributed by atoms with Crippen molar-refractivity contribution in [2.45, 2.75) is 76.4 Å². The summed E-state index contributed by atoms with van der Waals surface area (Å²) in [4.78, 5) is 0. The van der Waals surface area contributed by atoms with Crippen LogP contribution < -0.4 is 5.32 Å². The molecule has 2 heteroatoms. The quantitative estimate of drug-likeness (QED) is 0.789. The van der Waals surface area contributed by atoms with Crippen molar-refractivity contribution in [3.63, 3.8) is 0 Å². The Morgan fingerprint density at radius 1 is 1.21 bits per heavy atom. The number of rotatable bonds is 6. The van der Waals surface area contributed by atoms with Crippen LogP contribution >= 0.6 is 0 Å². The lowest BCUT2D eigenvalue weighted by Gasteiger charge is -2.40. The highest BCUT2D eigenvalue weighted by molar-refractivity contribution is 5.00. The molecule has 2 nitrogen and oxygen atoms in total. The first-order chi connectivity index (χ1) is 9.27. The third-order valence-electron chi connectivity index (χ3n) is 6.29. The Bertz CT molecular complexity index is 298. The fourth-order valence-electron chi connectivity index (χ4n) is 5.42. The standard InChI is InChI=1S/C17H31NO/c1-3-19-17(8-4-5-9-17)16(18-2)12-15-11-13-6-7-14(15)10-13/h13-16,18H,3-12H2,1-2H3. The largest absolute Gasteiger partial charge is 0.374 e. The Balaban J connectivity index is 1.65. The summed E-state index contributed by atoms with van der Waals surface area (Å²) >= 11 is 0. The molecule has 0 spiro atoms. The molecule has 3 rings (SSSR count). The average Bonchev–Trinajstić information content (AvgIpc) is 3.12. The van der Waals surface area contributed by atoms with Gasteiger partial charge in [0.1, 0.15) is 0 Å². The summed E-state index contributed by atoms with van der Waals surface area (Å²) in [5.74, 6) is 3.09. The molecule has 3 aliphatic carbocycles. The summed E-state index contributed by atoms with van der Waals surface area (Å²) in [6, 6.07) is 0.583. The summed E-state index contributed by atoms with van der Waals surface area (Å²) in [6.45, 7) is 3.03. The van der Waals surface area contributed by atoms with E-state index in [1.165, 1.54) is 57.8 Å². The molecule has 0 saturated heterocycles. The SMILES string of the molecule is CCOC1(C(CC2CC3CCC2C3)NC)CCCC1. The predicted octanol–water partition coefficient (Wildman–Crippen LogP) is 3.75. The fourth-order valence-corrected chi connectivity index (χ4v) is 5.42. The van der Waals surface area contributed by atoms with E-state index in [1.807, 2.05) is 0 Å². The van der Waals surface area contributed by atoms with Crippen molar-refractivity contribution >= 4 is 0 Å². The van der Waals surface area contributed by atoms with Crippen LogP contribution in [-0.2, 0) is 4.74 Å². The second-order valence-electron chi connectivity index (χ2n) is 7.22. The monoisotopic (exact) mass is 265 g/mol. The van der Waals surface area contributed by atoms with E-state index in [9.17, 15) is 0 Å². The maximum absolute atomic E-state index is 6.27. The van der Waals surface area contributed by atoms with E-state index >= 15 is 0 Å². The number of hydrogen-bond acceptors (Lipinski definition) is 2. The highest BCUT2D eigenvalue weighted by atomic mass is 16.5. The van der Waals surface area contributed by atoms with Crippen LogP contribution in [0.15, 0.2) is 0 Å². The summed E-state index contributed by atoms with van der Waals surface area (Å²) in [6.07, 6.45) is 12.7. The molecule has 1 N–H and O–H groups in total. The minimum atomic E-state index is 0.158. The third kappa shape index (κ3) is 2.58. The molecule has 0 amide bonds. The Labute approximate surface area is 118 Å². The molecular formula is C17H31NO. The third-order valence-corrected chi connectivity index (χ3v) is 6.29. The van der Waals surface area contributed by atoms with Gasteiger partial charge in [-0.1, -0.05) is 19.3 Å². The van der Waals surface area contributed by atoms with Crippen LogP contribution in [0.25, 0.3) is 0 Å². The molecule has 19 heavy (non-hydrogen) atoms. The summed E-state index contributed by atoms with van der Waals surface area (Å²) in [5, 5.41) is 3.63. The highest BCUT2D eigenvalue weighted by Crippen LogP contribution is 2.51. The van der Waals surface area contributed by atoms with Crippen LogP contribution in [-0.4, -0.2) is 25.3 Å². The van der Waals surface area contributed by atoms with Crippen molar-refractivity contribution in [1.82, 2.24) is 5.32 Å². The Kier molecular flexibility index (Phi) is 4.19. The molecule has 0 aromatic rings. The van der Waals surface area contributed by atoms with Gasteiger partial charge in [-0.3, -0.25) is 0 Å². The van der Waals surface area contributed by atoms with Crippen molar-refractivity contribution in [2.24, 2.45) is 17.8 Å². The zero-order chi connectivity index (χ0) is 13.3. The Morgan fingerprint density at radius 3 is 2.53 bits per heavy atom. The molecule has 4 unspecified atom stereocenters. The van der Waals surface area contributed by atoms with Gasteiger partial charge in [-0.15, -0.1) is 0 Å². The van der Waals surface area contributed by atoms with Gasteiger partial charge in [0.2, 0.25) is 0 Å². The second-order valence-corrected chi connectivity index (χ2v) is 7.22. The van der Waals surface area contributed by atoms with Crippen molar-refractivity contribution in [3.05, 3.63) is 0 Å². The molecule has 110 valence electrons. The van der Waals surface area contributed by atoms with E-state index in [1.54, 1.807) is 0 Å². The Morgan fingerprint density at radius 2 is 2.00 bits per heavy atom. The van der Waals surface area contributed by atoms with E-state index in [0.29, 0.717) is 6.04 Å². The first kappa shape index (κ1) is 13.9.